The zero-order valence-corrected chi connectivity index (χ0v) is 6.07. The van der Waals surface area contributed by atoms with Crippen molar-refractivity contribution in [3.63, 3.8) is 0 Å². The molecule has 1 rings (SSSR count). The molecule has 1 aromatic carbocycles. The van der Waals surface area contributed by atoms with Crippen LogP contribution in [-0.4, -0.2) is 0 Å². The van der Waals surface area contributed by atoms with E-state index in [4.69, 9.17) is 17.1 Å². The lowest BCUT2D eigenvalue weighted by molar-refractivity contribution is 1.45. The number of nitrogens with zero attached hydrogens (tertiary/aromatic N) is 3. The lowest BCUT2D eigenvalue weighted by Crippen LogP contribution is -1.77. The van der Waals surface area contributed by atoms with Crippen molar-refractivity contribution in [3.05, 3.63) is 40.7 Å². The molecule has 1 aromatic rings. The van der Waals surface area contributed by atoms with Crippen LogP contribution >= 0.6 is 0 Å². The maximum absolute atomic E-state index is 8.57. The van der Waals surface area contributed by atoms with E-state index in [9.17, 15) is 0 Å². The molecule has 0 radical (unpaired) electrons. The number of hydrogen-bond donors (Lipinski definition) is 0. The Morgan fingerprint density at radius 2 is 2.00 bits per heavy atom. The number of benzene rings is 1. The first kappa shape index (κ1) is 7.79. The molecule has 0 bridgehead atoms. The summed E-state index contributed by atoms with van der Waals surface area (Å²) in [7, 11) is 0. The highest BCUT2D eigenvalue weighted by Crippen LogP contribution is 2.18. The molecule has 0 amide bonds. The van der Waals surface area contributed by atoms with Gasteiger partial charge in [0.25, 0.3) is 0 Å². The first-order valence-corrected chi connectivity index (χ1v) is 3.13. The van der Waals surface area contributed by atoms with Crippen molar-refractivity contribution in [3.8, 4) is 12.1 Å². The molecule has 54 valence electrons. The molecule has 0 aliphatic carbocycles. The van der Waals surface area contributed by atoms with Gasteiger partial charge in [0.1, 0.15) is 0 Å². The third-order valence-corrected chi connectivity index (χ3v) is 1.37. The fourth-order valence-corrected chi connectivity index (χ4v) is 0.793. The molecule has 0 unspecified atom stereocenters. The average molecular weight is 153 g/mol. The number of nitriles is 2. The first-order chi connectivity index (χ1) is 5.81. The van der Waals surface area contributed by atoms with Crippen LogP contribution in [-0.2, 0) is 0 Å². The van der Waals surface area contributed by atoms with Crippen LogP contribution in [0, 0.1) is 29.2 Å². The summed E-state index contributed by atoms with van der Waals surface area (Å²) in [6.45, 7) is 6.71. The van der Waals surface area contributed by atoms with Crippen molar-refractivity contribution in [2.24, 2.45) is 0 Å². The van der Waals surface area contributed by atoms with Crippen LogP contribution in [0.2, 0.25) is 0 Å². The van der Waals surface area contributed by atoms with Crippen molar-refractivity contribution in [1.29, 1.82) is 10.5 Å². The first-order valence-electron chi connectivity index (χ1n) is 3.13. The van der Waals surface area contributed by atoms with E-state index < -0.39 is 0 Å². The summed E-state index contributed by atoms with van der Waals surface area (Å²) in [5.41, 5.74) is 0.944. The number of hydrogen-bond acceptors (Lipinski definition) is 2. The highest BCUT2D eigenvalue weighted by atomic mass is 14.6. The second-order valence-corrected chi connectivity index (χ2v) is 2.07. The Balaban J connectivity index is 3.37. The van der Waals surface area contributed by atoms with Gasteiger partial charge in [-0.25, -0.2) is 4.85 Å². The molecule has 0 aromatic heterocycles. The van der Waals surface area contributed by atoms with Crippen molar-refractivity contribution >= 4 is 5.69 Å². The van der Waals surface area contributed by atoms with Gasteiger partial charge in [-0.05, 0) is 6.07 Å². The van der Waals surface area contributed by atoms with Crippen LogP contribution in [0.15, 0.2) is 18.2 Å². The predicted molar refractivity (Wildman–Crippen MR) is 42.1 cm³/mol. The third kappa shape index (κ3) is 1.24. The van der Waals surface area contributed by atoms with Crippen LogP contribution in [0.25, 0.3) is 4.85 Å². The molecular weight excluding hydrogens is 150 g/mol. The quantitative estimate of drug-likeness (QED) is 0.535. The Kier molecular flexibility index (Phi) is 2.07. The van der Waals surface area contributed by atoms with Gasteiger partial charge in [-0.3, -0.25) is 0 Å². The van der Waals surface area contributed by atoms with E-state index in [0.717, 1.165) is 0 Å². The molecule has 0 spiro atoms. The standard InChI is InChI=1S/C9H3N3/c1-12-9-3-2-7(5-10)4-8(9)6-11/h2-4H. The van der Waals surface area contributed by atoms with Gasteiger partial charge in [0.2, 0.25) is 5.69 Å². The van der Waals surface area contributed by atoms with Crippen molar-refractivity contribution in [1.82, 2.24) is 0 Å². The minimum Gasteiger partial charge on any atom is -0.237 e. The summed E-state index contributed by atoms with van der Waals surface area (Å²) >= 11 is 0. The fourth-order valence-electron chi connectivity index (χ4n) is 0.793. The minimum atomic E-state index is 0.254. The molecule has 0 saturated carbocycles. The third-order valence-electron chi connectivity index (χ3n) is 1.37. The molecule has 0 aliphatic heterocycles. The lowest BCUT2D eigenvalue weighted by Gasteiger charge is -1.92. The van der Waals surface area contributed by atoms with Gasteiger partial charge in [0.15, 0.2) is 0 Å². The summed E-state index contributed by atoms with van der Waals surface area (Å²) in [5, 5.41) is 17.1. The Labute approximate surface area is 69.9 Å². The smallest absolute Gasteiger partial charge is 0.204 e. The molecule has 0 N–H and O–H groups in total. The van der Waals surface area contributed by atoms with E-state index in [1.807, 2.05) is 12.1 Å². The molecular formula is C9H3N3. The van der Waals surface area contributed by atoms with E-state index >= 15 is 0 Å². The zero-order chi connectivity index (χ0) is 8.97. The van der Waals surface area contributed by atoms with Gasteiger partial charge in [-0.1, -0.05) is 12.1 Å². The lowest BCUT2D eigenvalue weighted by atomic mass is 10.1. The second-order valence-electron chi connectivity index (χ2n) is 2.07. The average Bonchev–Trinajstić information content (AvgIpc) is 2.16. The van der Waals surface area contributed by atoms with Crippen molar-refractivity contribution in [2.75, 3.05) is 0 Å². The van der Waals surface area contributed by atoms with Crippen molar-refractivity contribution in [2.45, 2.75) is 0 Å². The van der Waals surface area contributed by atoms with Crippen LogP contribution in [0.4, 0.5) is 5.69 Å². The van der Waals surface area contributed by atoms with Gasteiger partial charge < -0.3 is 0 Å². The summed E-state index contributed by atoms with van der Waals surface area (Å²) < 4.78 is 0. The van der Waals surface area contributed by atoms with E-state index in [-0.39, 0.29) is 11.3 Å². The Morgan fingerprint density at radius 3 is 2.50 bits per heavy atom. The molecule has 12 heavy (non-hydrogen) atoms. The van der Waals surface area contributed by atoms with E-state index in [2.05, 4.69) is 4.85 Å². The van der Waals surface area contributed by atoms with Crippen LogP contribution < -0.4 is 0 Å². The van der Waals surface area contributed by atoms with Gasteiger partial charge in [0, 0.05) is 0 Å². The summed E-state index contributed by atoms with van der Waals surface area (Å²) in [5.74, 6) is 0. The molecule has 0 fully saturated rings. The Hall–Kier alpha value is -2.31. The normalized spacial score (nSPS) is 7.75. The van der Waals surface area contributed by atoms with E-state index in [1.165, 1.54) is 18.2 Å². The van der Waals surface area contributed by atoms with Crippen molar-refractivity contribution < 1.29 is 0 Å². The second kappa shape index (κ2) is 3.19. The predicted octanol–water partition coefficient (Wildman–Crippen LogP) is 1.98. The van der Waals surface area contributed by atoms with Gasteiger partial charge >= 0.3 is 0 Å². The van der Waals surface area contributed by atoms with Crippen LogP contribution in [0.1, 0.15) is 11.1 Å². The molecule has 0 saturated heterocycles. The number of rotatable bonds is 0. The zero-order valence-electron chi connectivity index (χ0n) is 6.07. The van der Waals surface area contributed by atoms with E-state index in [0.29, 0.717) is 5.56 Å². The molecule has 0 aliphatic rings. The largest absolute Gasteiger partial charge is 0.237 e. The Bertz CT molecular complexity index is 427. The maximum Gasteiger partial charge on any atom is 0.204 e. The van der Waals surface area contributed by atoms with E-state index in [1.54, 1.807) is 0 Å². The Morgan fingerprint density at radius 1 is 1.25 bits per heavy atom. The topological polar surface area (TPSA) is 51.9 Å². The van der Waals surface area contributed by atoms with Gasteiger partial charge in [-0.15, -0.1) is 0 Å². The molecule has 0 heterocycles. The van der Waals surface area contributed by atoms with Gasteiger partial charge in [0.05, 0.1) is 29.8 Å². The summed E-state index contributed by atoms with van der Waals surface area (Å²) in [6, 6.07) is 8.16. The van der Waals surface area contributed by atoms with Crippen LogP contribution in [0.5, 0.6) is 0 Å². The minimum absolute atomic E-state index is 0.254. The molecule has 0 atom stereocenters. The maximum atomic E-state index is 8.57. The highest BCUT2D eigenvalue weighted by Gasteiger charge is 2.01. The summed E-state index contributed by atoms with van der Waals surface area (Å²) in [4.78, 5) is 3.13. The summed E-state index contributed by atoms with van der Waals surface area (Å²) in [6.07, 6.45) is 0. The fraction of sp³-hybridized carbons (Fsp3) is 0. The molecule has 3 nitrogen and oxygen atoms in total. The highest BCUT2D eigenvalue weighted by molar-refractivity contribution is 5.60. The van der Waals surface area contributed by atoms with Crippen LogP contribution in [0.3, 0.4) is 0 Å². The monoisotopic (exact) mass is 153 g/mol. The molecule has 3 heteroatoms. The SMILES string of the molecule is [C-]#[N+]c1ccc(C#N)cc1C#N. The van der Waals surface area contributed by atoms with Gasteiger partial charge in [-0.2, -0.15) is 10.5 Å².